The van der Waals surface area contributed by atoms with E-state index in [-0.39, 0.29) is 0 Å². The lowest BCUT2D eigenvalue weighted by Crippen LogP contribution is -1.76. The molecule has 0 aliphatic rings. The van der Waals surface area contributed by atoms with E-state index >= 15 is 0 Å². The van der Waals surface area contributed by atoms with Gasteiger partial charge in [-0.15, -0.1) is 23.2 Å². The van der Waals surface area contributed by atoms with Gasteiger partial charge in [0.05, 0.1) is 0 Å². The molecule has 0 aromatic carbocycles. The van der Waals surface area contributed by atoms with Crippen LogP contribution in [0.15, 0.2) is 12.2 Å². The zero-order chi connectivity index (χ0) is 9.07. The van der Waals surface area contributed by atoms with Crippen LogP contribution in [0, 0.1) is 0 Å². The molecule has 0 bridgehead atoms. The van der Waals surface area contributed by atoms with Crippen LogP contribution in [0.25, 0.3) is 0 Å². The van der Waals surface area contributed by atoms with E-state index in [9.17, 15) is 0 Å². The number of allylic oxidation sites excluding steroid dienone is 2. The maximum atomic E-state index is 5.54. The third-order valence-corrected chi connectivity index (χ3v) is 2.21. The van der Waals surface area contributed by atoms with E-state index in [2.05, 4.69) is 12.2 Å². The van der Waals surface area contributed by atoms with Crippen molar-refractivity contribution in [2.75, 3.05) is 11.8 Å². The van der Waals surface area contributed by atoms with E-state index in [1.807, 2.05) is 0 Å². The molecule has 0 aliphatic heterocycles. The molecule has 0 saturated carbocycles. The highest BCUT2D eigenvalue weighted by Crippen LogP contribution is 2.02. The van der Waals surface area contributed by atoms with Crippen LogP contribution >= 0.6 is 23.2 Å². The van der Waals surface area contributed by atoms with E-state index in [0.29, 0.717) is 0 Å². The molecule has 0 amide bonds. The van der Waals surface area contributed by atoms with Crippen LogP contribution in [-0.2, 0) is 0 Å². The maximum absolute atomic E-state index is 5.54. The standard InChI is InChI=1S/C10H18Cl2/c11-9-7-5-3-1-2-4-6-8-10-12/h1-2H,3-10H2. The van der Waals surface area contributed by atoms with Crippen LogP contribution in [0.5, 0.6) is 0 Å². The van der Waals surface area contributed by atoms with Crippen LogP contribution in [0.3, 0.4) is 0 Å². The topological polar surface area (TPSA) is 0 Å². The number of hydrogen-bond acceptors (Lipinski definition) is 0. The van der Waals surface area contributed by atoms with E-state index in [0.717, 1.165) is 24.6 Å². The number of halogens is 2. The Kier molecular flexibility index (Phi) is 11.6. The molecule has 0 nitrogen and oxygen atoms in total. The van der Waals surface area contributed by atoms with E-state index in [1.54, 1.807) is 0 Å². The Morgan fingerprint density at radius 2 is 1.08 bits per heavy atom. The summed E-state index contributed by atoms with van der Waals surface area (Å²) >= 11 is 11.1. The summed E-state index contributed by atoms with van der Waals surface area (Å²) in [5.74, 6) is 1.58. The molecule has 0 aliphatic carbocycles. The molecule has 0 saturated heterocycles. The largest absolute Gasteiger partial charge is 0.127 e. The number of rotatable bonds is 8. The zero-order valence-electron chi connectivity index (χ0n) is 7.57. The summed E-state index contributed by atoms with van der Waals surface area (Å²) < 4.78 is 0. The molecule has 0 fully saturated rings. The first-order valence-corrected chi connectivity index (χ1v) is 5.75. The molecule has 0 aromatic rings. The zero-order valence-corrected chi connectivity index (χ0v) is 9.08. The Hall–Kier alpha value is 0.320. The summed E-state index contributed by atoms with van der Waals surface area (Å²) in [6.07, 6.45) is 11.6. The summed E-state index contributed by atoms with van der Waals surface area (Å²) in [5, 5.41) is 0. The number of hydrogen-bond donors (Lipinski definition) is 0. The highest BCUT2D eigenvalue weighted by Gasteiger charge is 1.84. The van der Waals surface area contributed by atoms with Crippen LogP contribution in [0.4, 0.5) is 0 Å². The van der Waals surface area contributed by atoms with E-state index in [4.69, 9.17) is 23.2 Å². The molecule has 0 atom stereocenters. The van der Waals surface area contributed by atoms with Gasteiger partial charge < -0.3 is 0 Å². The Balaban J connectivity index is 2.93. The van der Waals surface area contributed by atoms with Gasteiger partial charge in [-0.2, -0.15) is 0 Å². The summed E-state index contributed by atoms with van der Waals surface area (Å²) in [6, 6.07) is 0. The minimum atomic E-state index is 0.792. The van der Waals surface area contributed by atoms with Gasteiger partial charge in [0.25, 0.3) is 0 Å². The quantitative estimate of drug-likeness (QED) is 0.316. The molecule has 0 N–H and O–H groups in total. The minimum Gasteiger partial charge on any atom is -0.127 e. The van der Waals surface area contributed by atoms with Crippen LogP contribution < -0.4 is 0 Å². The summed E-state index contributed by atoms with van der Waals surface area (Å²) in [7, 11) is 0. The van der Waals surface area contributed by atoms with Crippen molar-refractivity contribution in [2.24, 2.45) is 0 Å². The second-order valence-corrected chi connectivity index (χ2v) is 3.60. The summed E-state index contributed by atoms with van der Waals surface area (Å²) in [6.45, 7) is 0. The predicted octanol–water partition coefficient (Wildman–Crippen LogP) is 4.36. The van der Waals surface area contributed by atoms with Crippen molar-refractivity contribution in [1.29, 1.82) is 0 Å². The average molecular weight is 209 g/mol. The molecule has 12 heavy (non-hydrogen) atoms. The van der Waals surface area contributed by atoms with Gasteiger partial charge in [0.1, 0.15) is 0 Å². The molecule has 0 spiro atoms. The molecular formula is C10H18Cl2. The molecule has 0 unspecified atom stereocenters. The van der Waals surface area contributed by atoms with Crippen molar-refractivity contribution >= 4 is 23.2 Å². The fraction of sp³-hybridized carbons (Fsp3) is 0.800. The van der Waals surface area contributed by atoms with Gasteiger partial charge in [-0.05, 0) is 38.5 Å². The Morgan fingerprint density at radius 3 is 1.42 bits per heavy atom. The van der Waals surface area contributed by atoms with Crippen molar-refractivity contribution in [3.8, 4) is 0 Å². The molecule has 72 valence electrons. The minimum absolute atomic E-state index is 0.792. The van der Waals surface area contributed by atoms with Crippen LogP contribution in [0.2, 0.25) is 0 Å². The first kappa shape index (κ1) is 12.3. The molecule has 0 radical (unpaired) electrons. The second kappa shape index (κ2) is 11.3. The van der Waals surface area contributed by atoms with Crippen LogP contribution in [0.1, 0.15) is 38.5 Å². The molecule has 0 aromatic heterocycles. The second-order valence-electron chi connectivity index (χ2n) is 2.84. The van der Waals surface area contributed by atoms with Crippen molar-refractivity contribution in [3.05, 3.63) is 12.2 Å². The summed E-state index contributed by atoms with van der Waals surface area (Å²) in [5.41, 5.74) is 0. The SMILES string of the molecule is ClCCCCC=CCCCCCl. The van der Waals surface area contributed by atoms with Gasteiger partial charge in [-0.3, -0.25) is 0 Å². The normalized spacial score (nSPS) is 11.2. The maximum Gasteiger partial charge on any atom is 0.0223 e. The third-order valence-electron chi connectivity index (χ3n) is 1.68. The predicted molar refractivity (Wildman–Crippen MR) is 58.3 cm³/mol. The molecule has 0 rings (SSSR count). The third kappa shape index (κ3) is 10.3. The van der Waals surface area contributed by atoms with Gasteiger partial charge in [0.15, 0.2) is 0 Å². The lowest BCUT2D eigenvalue weighted by molar-refractivity contribution is 0.797. The summed E-state index contributed by atoms with van der Waals surface area (Å²) in [4.78, 5) is 0. The van der Waals surface area contributed by atoms with Gasteiger partial charge in [-0.1, -0.05) is 12.2 Å². The number of alkyl halides is 2. The Labute approximate surface area is 85.9 Å². The van der Waals surface area contributed by atoms with Crippen molar-refractivity contribution in [3.63, 3.8) is 0 Å². The van der Waals surface area contributed by atoms with Gasteiger partial charge in [0.2, 0.25) is 0 Å². The lowest BCUT2D eigenvalue weighted by Gasteiger charge is -1.92. The highest BCUT2D eigenvalue weighted by molar-refractivity contribution is 6.18. The van der Waals surface area contributed by atoms with Crippen molar-refractivity contribution in [1.82, 2.24) is 0 Å². The van der Waals surface area contributed by atoms with Gasteiger partial charge in [-0.25, -0.2) is 0 Å². The average Bonchev–Trinajstić information content (AvgIpc) is 2.10. The van der Waals surface area contributed by atoms with Gasteiger partial charge >= 0.3 is 0 Å². The first-order valence-electron chi connectivity index (χ1n) is 4.68. The van der Waals surface area contributed by atoms with Crippen LogP contribution in [-0.4, -0.2) is 11.8 Å². The lowest BCUT2D eigenvalue weighted by atomic mass is 10.2. The van der Waals surface area contributed by atoms with Gasteiger partial charge in [0, 0.05) is 11.8 Å². The smallest absolute Gasteiger partial charge is 0.0223 e. The fourth-order valence-electron chi connectivity index (χ4n) is 0.949. The van der Waals surface area contributed by atoms with Crippen molar-refractivity contribution < 1.29 is 0 Å². The first-order chi connectivity index (χ1) is 5.91. The highest BCUT2D eigenvalue weighted by atomic mass is 35.5. The van der Waals surface area contributed by atoms with E-state index in [1.165, 1.54) is 25.7 Å². The molecule has 0 heterocycles. The van der Waals surface area contributed by atoms with Crippen molar-refractivity contribution in [2.45, 2.75) is 38.5 Å². The fourth-order valence-corrected chi connectivity index (χ4v) is 1.33. The Morgan fingerprint density at radius 1 is 0.667 bits per heavy atom. The monoisotopic (exact) mass is 208 g/mol. The molecule has 2 heteroatoms. The van der Waals surface area contributed by atoms with E-state index < -0.39 is 0 Å². The molecular weight excluding hydrogens is 191 g/mol. The number of unbranched alkanes of at least 4 members (excludes halogenated alkanes) is 4. The Bertz CT molecular complexity index is 88.0.